The van der Waals surface area contributed by atoms with Gasteiger partial charge in [-0.2, -0.15) is 0 Å². The number of amides is 2. The second-order valence-electron chi connectivity index (χ2n) is 7.33. The summed E-state index contributed by atoms with van der Waals surface area (Å²) in [6, 6.07) is 3.24. The minimum Gasteiger partial charge on any atom is -0.376 e. The number of fused-ring (bicyclic) bond motifs is 1. The summed E-state index contributed by atoms with van der Waals surface area (Å²) >= 11 is 0. The van der Waals surface area contributed by atoms with Crippen molar-refractivity contribution in [3.05, 3.63) is 44.9 Å². The minimum absolute atomic E-state index is 0.0802. The van der Waals surface area contributed by atoms with Crippen LogP contribution in [0.1, 0.15) is 31.7 Å². The Morgan fingerprint density at radius 2 is 2.04 bits per heavy atom. The number of benzene rings is 1. The standard InChI is InChI=1S/C19H23FN4O4/c20-12-3-4-16-15(10-12)17(25)24(19(27)22-16)13-5-7-23(8-6-13)18(26)21-11-14-2-1-9-28-14/h3-4,10,13-14H,1-2,5-9,11H2,(H,21,26)(H,22,27). The van der Waals surface area contributed by atoms with E-state index in [0.29, 0.717) is 38.0 Å². The Morgan fingerprint density at radius 1 is 1.25 bits per heavy atom. The van der Waals surface area contributed by atoms with E-state index in [0.717, 1.165) is 30.1 Å². The van der Waals surface area contributed by atoms with Crippen LogP contribution in [0.3, 0.4) is 0 Å². The van der Waals surface area contributed by atoms with Crippen molar-refractivity contribution in [2.75, 3.05) is 26.2 Å². The Morgan fingerprint density at radius 3 is 2.75 bits per heavy atom. The van der Waals surface area contributed by atoms with E-state index in [2.05, 4.69) is 10.3 Å². The van der Waals surface area contributed by atoms with Crippen molar-refractivity contribution in [2.24, 2.45) is 0 Å². The van der Waals surface area contributed by atoms with Crippen LogP contribution in [-0.2, 0) is 4.74 Å². The van der Waals surface area contributed by atoms with Gasteiger partial charge in [-0.3, -0.25) is 9.36 Å². The second kappa shape index (κ2) is 7.75. The number of piperidine rings is 1. The van der Waals surface area contributed by atoms with Crippen LogP contribution < -0.4 is 16.6 Å². The minimum atomic E-state index is -0.527. The predicted molar refractivity (Wildman–Crippen MR) is 101 cm³/mol. The number of urea groups is 1. The van der Waals surface area contributed by atoms with Crippen molar-refractivity contribution >= 4 is 16.9 Å². The van der Waals surface area contributed by atoms with E-state index >= 15 is 0 Å². The number of halogens is 1. The van der Waals surface area contributed by atoms with Crippen LogP contribution in [0.15, 0.2) is 27.8 Å². The molecule has 0 radical (unpaired) electrons. The van der Waals surface area contributed by atoms with E-state index in [1.165, 1.54) is 12.1 Å². The molecule has 2 saturated heterocycles. The molecule has 2 aromatic rings. The number of nitrogens with zero attached hydrogens (tertiary/aromatic N) is 2. The third-order valence-corrected chi connectivity index (χ3v) is 5.51. The van der Waals surface area contributed by atoms with Gasteiger partial charge in [0.25, 0.3) is 5.56 Å². The predicted octanol–water partition coefficient (Wildman–Crippen LogP) is 1.35. The lowest BCUT2D eigenvalue weighted by atomic mass is 10.0. The first-order chi connectivity index (χ1) is 13.5. The number of likely N-dealkylation sites (tertiary alicyclic amines) is 1. The summed E-state index contributed by atoms with van der Waals surface area (Å²) in [6.07, 6.45) is 3.02. The first kappa shape index (κ1) is 18.7. The van der Waals surface area contributed by atoms with Gasteiger partial charge in [-0.25, -0.2) is 14.0 Å². The van der Waals surface area contributed by atoms with E-state index in [1.807, 2.05) is 0 Å². The van der Waals surface area contributed by atoms with Crippen LogP contribution in [-0.4, -0.2) is 52.8 Å². The quantitative estimate of drug-likeness (QED) is 0.827. The van der Waals surface area contributed by atoms with E-state index in [4.69, 9.17) is 4.74 Å². The van der Waals surface area contributed by atoms with Crippen molar-refractivity contribution in [3.63, 3.8) is 0 Å². The molecule has 2 aliphatic rings. The zero-order chi connectivity index (χ0) is 19.7. The van der Waals surface area contributed by atoms with Crippen molar-refractivity contribution in [3.8, 4) is 0 Å². The highest BCUT2D eigenvalue weighted by Crippen LogP contribution is 2.21. The molecule has 28 heavy (non-hydrogen) atoms. The third-order valence-electron chi connectivity index (χ3n) is 5.51. The highest BCUT2D eigenvalue weighted by atomic mass is 19.1. The van der Waals surface area contributed by atoms with Crippen LogP contribution in [0.2, 0.25) is 0 Å². The average Bonchev–Trinajstić information content (AvgIpc) is 3.21. The van der Waals surface area contributed by atoms with Crippen LogP contribution in [0.4, 0.5) is 9.18 Å². The van der Waals surface area contributed by atoms with Gasteiger partial charge in [0.05, 0.1) is 17.0 Å². The van der Waals surface area contributed by atoms with E-state index in [-0.39, 0.29) is 23.6 Å². The van der Waals surface area contributed by atoms with Gasteiger partial charge in [0.1, 0.15) is 5.82 Å². The molecule has 1 aromatic carbocycles. The molecule has 0 saturated carbocycles. The topological polar surface area (TPSA) is 96.4 Å². The molecular formula is C19H23FN4O4. The van der Waals surface area contributed by atoms with Crippen LogP contribution in [0.5, 0.6) is 0 Å². The normalized spacial score (nSPS) is 20.6. The number of nitrogens with one attached hydrogen (secondary N) is 2. The van der Waals surface area contributed by atoms with E-state index in [1.54, 1.807) is 4.90 Å². The number of aromatic nitrogens is 2. The molecule has 2 N–H and O–H groups in total. The molecule has 2 fully saturated rings. The molecule has 150 valence electrons. The Balaban J connectivity index is 1.44. The maximum absolute atomic E-state index is 13.5. The van der Waals surface area contributed by atoms with Crippen LogP contribution in [0, 0.1) is 5.82 Å². The number of hydrogen-bond acceptors (Lipinski definition) is 4. The molecule has 1 aromatic heterocycles. The maximum atomic E-state index is 13.5. The third kappa shape index (κ3) is 3.66. The number of aromatic amines is 1. The van der Waals surface area contributed by atoms with Crippen molar-refractivity contribution in [1.29, 1.82) is 0 Å². The van der Waals surface area contributed by atoms with Crippen molar-refractivity contribution in [1.82, 2.24) is 19.8 Å². The molecule has 2 amide bonds. The largest absolute Gasteiger partial charge is 0.376 e. The summed E-state index contributed by atoms with van der Waals surface area (Å²) in [7, 11) is 0. The summed E-state index contributed by atoms with van der Waals surface area (Å²) in [5.41, 5.74) is -0.691. The smallest absolute Gasteiger partial charge is 0.329 e. The molecule has 1 unspecified atom stereocenters. The molecule has 0 bridgehead atoms. The molecule has 0 aliphatic carbocycles. The fourth-order valence-electron chi connectivity index (χ4n) is 3.98. The molecule has 8 nitrogen and oxygen atoms in total. The van der Waals surface area contributed by atoms with Gasteiger partial charge in [-0.15, -0.1) is 0 Å². The number of ether oxygens (including phenoxy) is 1. The lowest BCUT2D eigenvalue weighted by Gasteiger charge is -2.32. The summed E-state index contributed by atoms with van der Waals surface area (Å²) in [5.74, 6) is -0.527. The first-order valence-corrected chi connectivity index (χ1v) is 9.61. The average molecular weight is 390 g/mol. The number of carbonyl (C=O) groups excluding carboxylic acids is 1. The van der Waals surface area contributed by atoms with Gasteiger partial charge in [-0.05, 0) is 43.9 Å². The second-order valence-corrected chi connectivity index (χ2v) is 7.33. The summed E-state index contributed by atoms with van der Waals surface area (Å²) in [4.78, 5) is 41.8. The number of H-pyrrole nitrogens is 1. The van der Waals surface area contributed by atoms with Gasteiger partial charge in [-0.1, -0.05) is 0 Å². The van der Waals surface area contributed by atoms with Crippen LogP contribution >= 0.6 is 0 Å². The van der Waals surface area contributed by atoms with Crippen LogP contribution in [0.25, 0.3) is 10.9 Å². The SMILES string of the molecule is O=C(NCC1CCCO1)N1CCC(n2c(=O)[nH]c3ccc(F)cc3c2=O)CC1. The van der Waals surface area contributed by atoms with Gasteiger partial charge >= 0.3 is 11.7 Å². The Hall–Kier alpha value is -2.68. The fraction of sp³-hybridized carbons (Fsp3) is 0.526. The highest BCUT2D eigenvalue weighted by molar-refractivity contribution is 5.77. The molecule has 3 heterocycles. The number of hydrogen-bond donors (Lipinski definition) is 2. The molecule has 2 aliphatic heterocycles. The number of carbonyl (C=O) groups is 1. The zero-order valence-electron chi connectivity index (χ0n) is 15.4. The number of rotatable bonds is 3. The Labute approximate surface area is 160 Å². The highest BCUT2D eigenvalue weighted by Gasteiger charge is 2.27. The van der Waals surface area contributed by atoms with Gasteiger partial charge in [0.15, 0.2) is 0 Å². The van der Waals surface area contributed by atoms with Gasteiger partial charge in [0, 0.05) is 32.3 Å². The van der Waals surface area contributed by atoms with Gasteiger partial charge < -0.3 is 19.9 Å². The molecule has 9 heteroatoms. The first-order valence-electron chi connectivity index (χ1n) is 9.61. The van der Waals surface area contributed by atoms with Gasteiger partial charge in [0.2, 0.25) is 0 Å². The zero-order valence-corrected chi connectivity index (χ0v) is 15.4. The maximum Gasteiger partial charge on any atom is 0.329 e. The molecular weight excluding hydrogens is 367 g/mol. The molecule has 0 spiro atoms. The Kier molecular flexibility index (Phi) is 5.17. The summed E-state index contributed by atoms with van der Waals surface area (Å²) in [6.45, 7) is 2.11. The molecule has 1 atom stereocenters. The fourth-order valence-corrected chi connectivity index (χ4v) is 3.98. The Bertz CT molecular complexity index is 988. The lowest BCUT2D eigenvalue weighted by molar-refractivity contribution is 0.107. The van der Waals surface area contributed by atoms with E-state index in [9.17, 15) is 18.8 Å². The van der Waals surface area contributed by atoms with Crippen molar-refractivity contribution < 1.29 is 13.9 Å². The lowest BCUT2D eigenvalue weighted by Crippen LogP contribution is -2.48. The summed E-state index contributed by atoms with van der Waals surface area (Å²) < 4.78 is 20.2. The van der Waals surface area contributed by atoms with E-state index < -0.39 is 17.1 Å². The molecule has 4 rings (SSSR count). The van der Waals surface area contributed by atoms with Crippen molar-refractivity contribution in [2.45, 2.75) is 37.8 Å². The summed E-state index contributed by atoms with van der Waals surface area (Å²) in [5, 5.41) is 3.04. The monoisotopic (exact) mass is 390 g/mol.